The van der Waals surface area contributed by atoms with Crippen molar-refractivity contribution in [1.82, 2.24) is 4.57 Å². The molecule has 1 aromatic heterocycles. The highest BCUT2D eigenvalue weighted by Crippen LogP contribution is 2.19. The monoisotopic (exact) mass is 267 g/mol. The summed E-state index contributed by atoms with van der Waals surface area (Å²) in [5, 5.41) is 9.13. The molecule has 0 radical (unpaired) electrons. The smallest absolute Gasteiger partial charge is 0.418 e. The van der Waals surface area contributed by atoms with E-state index in [9.17, 15) is 9.59 Å². The van der Waals surface area contributed by atoms with Crippen LogP contribution < -0.4 is 0 Å². The zero-order valence-corrected chi connectivity index (χ0v) is 12.1. The third kappa shape index (κ3) is 3.84. The third-order valence-corrected chi connectivity index (χ3v) is 2.84. The number of hydrogen-bond acceptors (Lipinski definition) is 3. The fraction of sp³-hybridized carbons (Fsp3) is 0.571. The molecule has 0 fully saturated rings. The summed E-state index contributed by atoms with van der Waals surface area (Å²) in [5.41, 5.74) is 1.16. The van der Waals surface area contributed by atoms with Crippen LogP contribution >= 0.6 is 0 Å². The maximum absolute atomic E-state index is 12.0. The number of hydrogen-bond donors (Lipinski definition) is 1. The van der Waals surface area contributed by atoms with Crippen LogP contribution in [-0.4, -0.2) is 28.3 Å². The summed E-state index contributed by atoms with van der Waals surface area (Å²) in [4.78, 5) is 23.1. The Morgan fingerprint density at radius 2 is 1.89 bits per heavy atom. The van der Waals surface area contributed by atoms with E-state index < -0.39 is 12.1 Å². The van der Waals surface area contributed by atoms with Crippen molar-refractivity contribution in [2.45, 2.75) is 41.0 Å². The van der Waals surface area contributed by atoms with Gasteiger partial charge in [0.05, 0.1) is 6.61 Å². The van der Waals surface area contributed by atoms with E-state index in [1.807, 2.05) is 0 Å². The Hall–Kier alpha value is -1.78. The highest BCUT2D eigenvalue weighted by molar-refractivity contribution is 5.92. The molecule has 0 spiro atoms. The predicted molar refractivity (Wildman–Crippen MR) is 71.7 cm³/mol. The molecule has 1 rings (SSSR count). The minimum absolute atomic E-state index is 0.0294. The molecule has 0 bridgehead atoms. The minimum atomic E-state index is -1.13. The lowest BCUT2D eigenvalue weighted by atomic mass is 9.93. The lowest BCUT2D eigenvalue weighted by Gasteiger charge is -2.18. The molecule has 0 aromatic carbocycles. The van der Waals surface area contributed by atoms with Gasteiger partial charge in [-0.2, -0.15) is 0 Å². The summed E-state index contributed by atoms with van der Waals surface area (Å²) in [6.45, 7) is 9.77. The maximum Gasteiger partial charge on any atom is 0.418 e. The third-order valence-electron chi connectivity index (χ3n) is 2.84. The van der Waals surface area contributed by atoms with Crippen LogP contribution in [0.15, 0.2) is 6.07 Å². The van der Waals surface area contributed by atoms with Crippen LogP contribution in [0, 0.1) is 19.3 Å². The van der Waals surface area contributed by atoms with E-state index in [2.05, 4.69) is 20.8 Å². The highest BCUT2D eigenvalue weighted by Gasteiger charge is 2.22. The SMILES string of the molecule is Cc1cc(C)n(C(=O)OCCC(C)(C)C)c1C(=O)O. The Kier molecular flexibility index (Phi) is 4.39. The molecule has 5 nitrogen and oxygen atoms in total. The largest absolute Gasteiger partial charge is 0.477 e. The first-order chi connectivity index (χ1) is 8.63. The second-order valence-electron chi connectivity index (χ2n) is 5.88. The van der Waals surface area contributed by atoms with Gasteiger partial charge in [-0.05, 0) is 37.3 Å². The highest BCUT2D eigenvalue weighted by atomic mass is 16.5. The zero-order chi connectivity index (χ0) is 14.8. The number of aromatic carboxylic acids is 1. The molecule has 0 saturated carbocycles. The van der Waals surface area contributed by atoms with Gasteiger partial charge in [0.15, 0.2) is 0 Å². The predicted octanol–water partition coefficient (Wildman–Crippen LogP) is 3.22. The summed E-state index contributed by atoms with van der Waals surface area (Å²) < 4.78 is 6.26. The van der Waals surface area contributed by atoms with E-state index in [0.29, 0.717) is 11.3 Å². The lowest BCUT2D eigenvalue weighted by Crippen LogP contribution is -2.22. The van der Waals surface area contributed by atoms with Gasteiger partial charge in [0.1, 0.15) is 5.69 Å². The van der Waals surface area contributed by atoms with Gasteiger partial charge in [-0.15, -0.1) is 0 Å². The van der Waals surface area contributed by atoms with E-state index in [0.717, 1.165) is 11.0 Å². The molecular weight excluding hydrogens is 246 g/mol. The Labute approximate surface area is 113 Å². The van der Waals surface area contributed by atoms with E-state index in [-0.39, 0.29) is 17.7 Å². The topological polar surface area (TPSA) is 68.5 Å². The quantitative estimate of drug-likeness (QED) is 0.912. The van der Waals surface area contributed by atoms with E-state index in [1.54, 1.807) is 19.9 Å². The van der Waals surface area contributed by atoms with E-state index >= 15 is 0 Å². The van der Waals surface area contributed by atoms with Crippen LogP contribution in [0.4, 0.5) is 4.79 Å². The molecule has 0 unspecified atom stereocenters. The summed E-state index contributed by atoms with van der Waals surface area (Å²) in [6, 6.07) is 1.66. The number of aromatic nitrogens is 1. The molecule has 0 atom stereocenters. The van der Waals surface area contributed by atoms with Crippen molar-refractivity contribution in [3.63, 3.8) is 0 Å². The van der Waals surface area contributed by atoms with Gasteiger partial charge in [-0.3, -0.25) is 0 Å². The van der Waals surface area contributed by atoms with Crippen molar-refractivity contribution in [3.8, 4) is 0 Å². The van der Waals surface area contributed by atoms with E-state index in [4.69, 9.17) is 9.84 Å². The molecule has 0 aliphatic rings. The van der Waals surface area contributed by atoms with Crippen molar-refractivity contribution in [2.24, 2.45) is 5.41 Å². The van der Waals surface area contributed by atoms with Crippen LogP contribution in [0.1, 0.15) is 48.9 Å². The van der Waals surface area contributed by atoms with Crippen molar-refractivity contribution < 1.29 is 19.4 Å². The Balaban J connectivity index is 2.86. The Morgan fingerprint density at radius 1 is 1.32 bits per heavy atom. The van der Waals surface area contributed by atoms with Crippen molar-refractivity contribution in [1.29, 1.82) is 0 Å². The molecule has 19 heavy (non-hydrogen) atoms. The molecule has 1 heterocycles. The fourth-order valence-corrected chi connectivity index (χ4v) is 1.81. The van der Waals surface area contributed by atoms with Gasteiger partial charge in [-0.25, -0.2) is 14.2 Å². The molecule has 0 aliphatic heterocycles. The molecule has 5 heteroatoms. The maximum atomic E-state index is 12.0. The number of rotatable bonds is 3. The van der Waals surface area contributed by atoms with Crippen LogP contribution in [0.2, 0.25) is 0 Å². The Bertz CT molecular complexity index is 494. The average Bonchev–Trinajstić information content (AvgIpc) is 2.51. The number of carboxylic acids is 1. The van der Waals surface area contributed by atoms with Crippen LogP contribution in [0.25, 0.3) is 0 Å². The molecular formula is C14H21NO4. The number of ether oxygens (including phenoxy) is 1. The summed E-state index contributed by atoms with van der Waals surface area (Å²) in [5.74, 6) is -1.13. The molecule has 1 aromatic rings. The number of carbonyl (C=O) groups excluding carboxylic acids is 1. The van der Waals surface area contributed by atoms with Gasteiger partial charge in [0.2, 0.25) is 0 Å². The average molecular weight is 267 g/mol. The zero-order valence-electron chi connectivity index (χ0n) is 12.1. The van der Waals surface area contributed by atoms with Gasteiger partial charge in [-0.1, -0.05) is 20.8 Å². The summed E-state index contributed by atoms with van der Waals surface area (Å²) in [6.07, 6.45) is 0.0905. The molecule has 106 valence electrons. The summed E-state index contributed by atoms with van der Waals surface area (Å²) >= 11 is 0. The molecule has 0 amide bonds. The van der Waals surface area contributed by atoms with Crippen molar-refractivity contribution >= 4 is 12.1 Å². The Morgan fingerprint density at radius 3 is 2.37 bits per heavy atom. The molecule has 0 saturated heterocycles. The van der Waals surface area contributed by atoms with Crippen LogP contribution in [0.3, 0.4) is 0 Å². The summed E-state index contributed by atoms with van der Waals surface area (Å²) in [7, 11) is 0. The number of carboxylic acid groups (broad SMARTS) is 1. The molecule has 0 aliphatic carbocycles. The lowest BCUT2D eigenvalue weighted by molar-refractivity contribution is 0.0678. The standard InChI is InChI=1S/C14H21NO4/c1-9-8-10(2)15(11(9)12(16)17)13(18)19-7-6-14(3,4)5/h8H,6-7H2,1-5H3,(H,16,17). The molecule has 1 N–H and O–H groups in total. The number of carbonyl (C=O) groups is 2. The van der Waals surface area contributed by atoms with Gasteiger partial charge >= 0.3 is 12.1 Å². The van der Waals surface area contributed by atoms with Gasteiger partial charge in [0.25, 0.3) is 0 Å². The van der Waals surface area contributed by atoms with Crippen molar-refractivity contribution in [2.75, 3.05) is 6.61 Å². The number of aryl methyl sites for hydroxylation is 2. The first-order valence-corrected chi connectivity index (χ1v) is 6.23. The van der Waals surface area contributed by atoms with E-state index in [1.165, 1.54) is 0 Å². The first kappa shape index (κ1) is 15.3. The van der Waals surface area contributed by atoms with Gasteiger partial charge in [0, 0.05) is 5.69 Å². The minimum Gasteiger partial charge on any atom is -0.477 e. The van der Waals surface area contributed by atoms with Crippen LogP contribution in [0.5, 0.6) is 0 Å². The first-order valence-electron chi connectivity index (χ1n) is 6.23. The second kappa shape index (κ2) is 5.47. The van der Waals surface area contributed by atoms with Crippen molar-refractivity contribution in [3.05, 3.63) is 23.0 Å². The normalized spacial score (nSPS) is 11.4. The van der Waals surface area contributed by atoms with Gasteiger partial charge < -0.3 is 9.84 Å². The second-order valence-corrected chi connectivity index (χ2v) is 5.88. The number of nitrogens with zero attached hydrogens (tertiary/aromatic N) is 1. The fourth-order valence-electron chi connectivity index (χ4n) is 1.81. The van der Waals surface area contributed by atoms with Crippen LogP contribution in [-0.2, 0) is 4.74 Å².